The predicted octanol–water partition coefficient (Wildman–Crippen LogP) is 5.14. The van der Waals surface area contributed by atoms with Gasteiger partial charge in [0, 0.05) is 42.2 Å². The maximum absolute atomic E-state index is 14.1. The molecule has 57 heavy (non-hydrogen) atoms. The van der Waals surface area contributed by atoms with Crippen LogP contribution in [0.1, 0.15) is 55.1 Å². The van der Waals surface area contributed by atoms with E-state index in [0.29, 0.717) is 54.5 Å². The van der Waals surface area contributed by atoms with Gasteiger partial charge in [0.1, 0.15) is 12.4 Å². The highest BCUT2D eigenvalue weighted by atomic mass is 32.2. The van der Waals surface area contributed by atoms with Crippen LogP contribution in [0.4, 0.5) is 17.6 Å². The molecule has 0 saturated heterocycles. The molecule has 306 valence electrons. The smallest absolute Gasteiger partial charge is 0.416 e. The lowest BCUT2D eigenvalue weighted by molar-refractivity contribution is -0.165. The standard InChI is InChI=1S/C36H38F4N4O2S.C4H6O6/c1-35(2,3)41-19-20-43(21-24-7-11-26(12-8-24)27-13-15-28(16-14-27)36(38,39)40)32(45)22-44-31-6-4-5-30(31)33(46)42-34(44)47-23-25-9-17-29(37)18-10-25;5-1(3(7)8)2(6)4(9)10/h7-18,41H,4-6,19-23H2,1-3H3;1-2,5-6H,(H,7,8)(H,9,10)/t;1-,2-/m.1/s1. The van der Waals surface area contributed by atoms with Gasteiger partial charge in [-0.3, -0.25) is 9.59 Å². The Labute approximate surface area is 330 Å². The second-order valence-electron chi connectivity index (χ2n) is 14.3. The van der Waals surface area contributed by atoms with Crippen molar-refractivity contribution >= 4 is 29.6 Å². The molecule has 3 aromatic carbocycles. The molecule has 1 heterocycles. The van der Waals surface area contributed by atoms with Gasteiger partial charge in [0.2, 0.25) is 5.91 Å². The molecule has 0 radical (unpaired) electrons. The molecule has 17 heteroatoms. The van der Waals surface area contributed by atoms with Crippen LogP contribution in [-0.2, 0) is 52.2 Å². The molecule has 0 fully saturated rings. The van der Waals surface area contributed by atoms with E-state index in [1.807, 2.05) is 28.8 Å². The van der Waals surface area contributed by atoms with Crippen LogP contribution in [0.15, 0.2) is 82.7 Å². The van der Waals surface area contributed by atoms with Crippen LogP contribution in [0.2, 0.25) is 0 Å². The topological polar surface area (TPSA) is 182 Å². The Bertz CT molecular complexity index is 2050. The number of alkyl halides is 3. The van der Waals surface area contributed by atoms with E-state index in [1.54, 1.807) is 17.0 Å². The molecule has 5 N–H and O–H groups in total. The van der Waals surface area contributed by atoms with E-state index in [0.717, 1.165) is 40.9 Å². The number of carboxylic acids is 2. The van der Waals surface area contributed by atoms with Crippen molar-refractivity contribution in [3.05, 3.63) is 117 Å². The van der Waals surface area contributed by atoms with Gasteiger partial charge < -0.3 is 35.2 Å². The summed E-state index contributed by atoms with van der Waals surface area (Å²) in [5.41, 5.74) is 3.57. The van der Waals surface area contributed by atoms with E-state index in [-0.39, 0.29) is 29.4 Å². The van der Waals surface area contributed by atoms with Crippen LogP contribution in [-0.4, -0.2) is 83.6 Å². The minimum Gasteiger partial charge on any atom is -0.479 e. The van der Waals surface area contributed by atoms with Crippen molar-refractivity contribution in [2.45, 2.75) is 88.0 Å². The lowest BCUT2D eigenvalue weighted by Gasteiger charge is -2.28. The fourth-order valence-corrected chi connectivity index (χ4v) is 6.79. The molecule has 1 aromatic heterocycles. The van der Waals surface area contributed by atoms with E-state index in [4.69, 9.17) is 20.4 Å². The van der Waals surface area contributed by atoms with Crippen molar-refractivity contribution in [3.63, 3.8) is 0 Å². The monoisotopic (exact) mass is 816 g/mol. The Morgan fingerprint density at radius 1 is 0.860 bits per heavy atom. The average molecular weight is 817 g/mol. The first kappa shape index (κ1) is 44.6. The highest BCUT2D eigenvalue weighted by molar-refractivity contribution is 7.98. The molecule has 1 aliphatic rings. The van der Waals surface area contributed by atoms with Crippen molar-refractivity contribution in [1.82, 2.24) is 19.8 Å². The number of thioether (sulfide) groups is 1. The molecule has 0 aliphatic heterocycles. The number of hydrogen-bond acceptors (Lipinski definition) is 9. The van der Waals surface area contributed by atoms with E-state index in [9.17, 15) is 36.7 Å². The number of nitrogens with zero attached hydrogens (tertiary/aromatic N) is 3. The molecule has 12 nitrogen and oxygen atoms in total. The SMILES string of the molecule is CC(C)(C)NCCN(Cc1ccc(-c2ccc(C(F)(F)F)cc2)cc1)C(=O)Cn1c(SCc2ccc(F)cc2)nc(=O)c2c1CCC2.O=C(O)[C@H](O)[C@@H](O)C(=O)O. The quantitative estimate of drug-likeness (QED) is 0.0646. The first-order valence-corrected chi connectivity index (χ1v) is 18.8. The molecule has 0 unspecified atom stereocenters. The van der Waals surface area contributed by atoms with Crippen molar-refractivity contribution in [2.24, 2.45) is 0 Å². The number of benzene rings is 3. The summed E-state index contributed by atoms with van der Waals surface area (Å²) in [7, 11) is 0. The van der Waals surface area contributed by atoms with Crippen LogP contribution in [0.25, 0.3) is 11.1 Å². The number of fused-ring (bicyclic) bond motifs is 1. The number of aliphatic hydroxyl groups excluding tert-OH is 2. The minimum absolute atomic E-state index is 0.0144. The Balaban J connectivity index is 0.000000635. The first-order valence-electron chi connectivity index (χ1n) is 17.8. The number of aliphatic carboxylic acids is 2. The van der Waals surface area contributed by atoms with Crippen LogP contribution >= 0.6 is 11.8 Å². The van der Waals surface area contributed by atoms with E-state index in [2.05, 4.69) is 31.1 Å². The van der Waals surface area contributed by atoms with Crippen molar-refractivity contribution < 1.29 is 52.4 Å². The number of aliphatic hydroxyl groups is 2. The van der Waals surface area contributed by atoms with E-state index < -0.39 is 35.9 Å². The Hall–Kier alpha value is -5.10. The molecular weight excluding hydrogens is 773 g/mol. The highest BCUT2D eigenvalue weighted by Crippen LogP contribution is 2.31. The molecule has 0 saturated carbocycles. The summed E-state index contributed by atoms with van der Waals surface area (Å²) < 4.78 is 54.4. The number of aromatic nitrogens is 2. The second-order valence-corrected chi connectivity index (χ2v) is 15.3. The third kappa shape index (κ3) is 13.0. The number of hydrogen-bond donors (Lipinski definition) is 5. The van der Waals surface area contributed by atoms with Gasteiger partial charge in [-0.1, -0.05) is 60.3 Å². The zero-order chi connectivity index (χ0) is 42.1. The number of halogens is 4. The maximum atomic E-state index is 14.1. The highest BCUT2D eigenvalue weighted by Gasteiger charge is 2.31. The molecule has 1 amide bonds. The zero-order valence-electron chi connectivity index (χ0n) is 31.4. The van der Waals surface area contributed by atoms with Crippen LogP contribution < -0.4 is 10.9 Å². The lowest BCUT2D eigenvalue weighted by atomic mass is 10.0. The van der Waals surface area contributed by atoms with Gasteiger partial charge in [-0.05, 0) is 86.6 Å². The second kappa shape index (κ2) is 19.4. The molecule has 5 rings (SSSR count). The number of carbonyl (C=O) groups excluding carboxylic acids is 1. The fraction of sp³-hybridized carbons (Fsp3) is 0.375. The number of carbonyl (C=O) groups is 3. The van der Waals surface area contributed by atoms with Gasteiger partial charge in [-0.2, -0.15) is 18.2 Å². The maximum Gasteiger partial charge on any atom is 0.416 e. The van der Waals surface area contributed by atoms with Crippen LogP contribution in [0.3, 0.4) is 0 Å². The number of nitrogens with one attached hydrogen (secondary N) is 1. The molecule has 1 aliphatic carbocycles. The normalized spacial score (nSPS) is 13.6. The Morgan fingerprint density at radius 3 is 1.93 bits per heavy atom. The Kier molecular flexibility index (Phi) is 15.2. The first-order chi connectivity index (χ1) is 26.7. The summed E-state index contributed by atoms with van der Waals surface area (Å²) in [6.07, 6.45) is -6.80. The van der Waals surface area contributed by atoms with Gasteiger partial charge in [-0.25, -0.2) is 14.0 Å². The molecule has 0 spiro atoms. The number of amides is 1. The Morgan fingerprint density at radius 2 is 1.40 bits per heavy atom. The third-order valence-electron chi connectivity index (χ3n) is 8.84. The summed E-state index contributed by atoms with van der Waals surface area (Å²) in [5.74, 6) is -3.53. The largest absolute Gasteiger partial charge is 0.479 e. The van der Waals surface area contributed by atoms with Gasteiger partial charge >= 0.3 is 18.1 Å². The van der Waals surface area contributed by atoms with E-state index in [1.165, 1.54) is 36.0 Å². The average Bonchev–Trinajstić information content (AvgIpc) is 3.66. The van der Waals surface area contributed by atoms with Gasteiger partial charge in [0.05, 0.1) is 5.56 Å². The summed E-state index contributed by atoms with van der Waals surface area (Å²) in [5, 5.41) is 36.4. The van der Waals surface area contributed by atoms with Gasteiger partial charge in [0.25, 0.3) is 5.56 Å². The molecule has 2 atom stereocenters. The summed E-state index contributed by atoms with van der Waals surface area (Å²) >= 11 is 1.35. The summed E-state index contributed by atoms with van der Waals surface area (Å²) in [4.78, 5) is 52.6. The number of rotatable bonds is 14. The molecular formula is C40H44F4N4O8S. The van der Waals surface area contributed by atoms with Crippen LogP contribution in [0, 0.1) is 5.82 Å². The zero-order valence-corrected chi connectivity index (χ0v) is 32.2. The lowest BCUT2D eigenvalue weighted by Crippen LogP contribution is -2.44. The molecule has 0 bridgehead atoms. The van der Waals surface area contributed by atoms with Gasteiger partial charge in [-0.15, -0.1) is 0 Å². The van der Waals surface area contributed by atoms with Crippen molar-refractivity contribution in [1.29, 1.82) is 0 Å². The van der Waals surface area contributed by atoms with Crippen molar-refractivity contribution in [3.8, 4) is 11.1 Å². The number of carboxylic acid groups (broad SMARTS) is 2. The van der Waals surface area contributed by atoms with E-state index >= 15 is 0 Å². The van der Waals surface area contributed by atoms with Gasteiger partial charge in [0.15, 0.2) is 17.4 Å². The fourth-order valence-electron chi connectivity index (χ4n) is 5.83. The molecule has 4 aromatic rings. The predicted molar refractivity (Wildman–Crippen MR) is 204 cm³/mol. The minimum atomic E-state index is -4.40. The van der Waals surface area contributed by atoms with Crippen molar-refractivity contribution in [2.75, 3.05) is 13.1 Å². The van der Waals surface area contributed by atoms with Crippen LogP contribution in [0.5, 0.6) is 0 Å². The summed E-state index contributed by atoms with van der Waals surface area (Å²) in [6.45, 7) is 7.50. The summed E-state index contributed by atoms with van der Waals surface area (Å²) in [6, 6.07) is 18.7. The third-order valence-corrected chi connectivity index (χ3v) is 9.89.